The van der Waals surface area contributed by atoms with E-state index < -0.39 is 11.9 Å². The molecule has 0 spiro atoms. The number of halogens is 2. The van der Waals surface area contributed by atoms with Gasteiger partial charge < -0.3 is 9.47 Å². The van der Waals surface area contributed by atoms with E-state index >= 15 is 0 Å². The fourth-order valence-corrected chi connectivity index (χ4v) is 2.73. The first-order valence-corrected chi connectivity index (χ1v) is 9.47. The zero-order valence-electron chi connectivity index (χ0n) is 15.8. The second kappa shape index (κ2) is 9.91. The highest BCUT2D eigenvalue weighted by Crippen LogP contribution is 2.22. The molecule has 6 nitrogen and oxygen atoms in total. The van der Waals surface area contributed by atoms with E-state index in [9.17, 15) is 9.59 Å². The quantitative estimate of drug-likeness (QED) is 0.252. The number of esters is 1. The lowest BCUT2D eigenvalue weighted by molar-refractivity contribution is 0.0734. The highest BCUT2D eigenvalue weighted by Gasteiger charge is 2.11. The number of carbonyl (C=O) groups is 2. The van der Waals surface area contributed by atoms with Crippen LogP contribution in [0.5, 0.6) is 11.5 Å². The van der Waals surface area contributed by atoms with Crippen LogP contribution in [-0.2, 0) is 0 Å². The molecule has 0 heterocycles. The number of carbonyl (C=O) groups excluding carboxylic acids is 2. The summed E-state index contributed by atoms with van der Waals surface area (Å²) >= 11 is 11.8. The van der Waals surface area contributed by atoms with Crippen molar-refractivity contribution in [3.63, 3.8) is 0 Å². The molecular weight excluding hydrogens is 427 g/mol. The molecule has 0 aliphatic rings. The van der Waals surface area contributed by atoms with Crippen molar-refractivity contribution >= 4 is 41.3 Å². The minimum atomic E-state index is -0.529. The average molecular weight is 443 g/mol. The van der Waals surface area contributed by atoms with Gasteiger partial charge in [-0.3, -0.25) is 4.79 Å². The van der Waals surface area contributed by atoms with E-state index in [1.54, 1.807) is 55.6 Å². The maximum atomic E-state index is 12.4. The van der Waals surface area contributed by atoms with Crippen LogP contribution in [0.3, 0.4) is 0 Å². The average Bonchev–Trinajstić information content (AvgIpc) is 2.76. The monoisotopic (exact) mass is 442 g/mol. The van der Waals surface area contributed by atoms with Crippen molar-refractivity contribution in [3.8, 4) is 11.5 Å². The number of nitrogens with zero attached hydrogens (tertiary/aromatic N) is 1. The number of nitrogens with one attached hydrogen (secondary N) is 1. The molecular formula is C22H16Cl2N2O4. The Morgan fingerprint density at radius 1 is 0.933 bits per heavy atom. The Labute approximate surface area is 183 Å². The minimum absolute atomic E-state index is 0.268. The molecule has 0 saturated carbocycles. The fraction of sp³-hybridized carbons (Fsp3) is 0.0455. The maximum Gasteiger partial charge on any atom is 0.343 e. The number of hydrogen-bond donors (Lipinski definition) is 1. The van der Waals surface area contributed by atoms with Crippen LogP contribution in [0.2, 0.25) is 10.0 Å². The van der Waals surface area contributed by atoms with Gasteiger partial charge in [0.05, 0.1) is 28.9 Å². The predicted molar refractivity (Wildman–Crippen MR) is 116 cm³/mol. The summed E-state index contributed by atoms with van der Waals surface area (Å²) < 4.78 is 10.5. The molecule has 3 aromatic rings. The van der Waals surface area contributed by atoms with Crippen molar-refractivity contribution in [1.82, 2.24) is 5.43 Å². The third-order valence-electron chi connectivity index (χ3n) is 4.00. The van der Waals surface area contributed by atoms with Crippen molar-refractivity contribution in [1.29, 1.82) is 0 Å². The normalized spacial score (nSPS) is 10.6. The molecule has 0 bridgehead atoms. The Balaban J connectivity index is 1.69. The van der Waals surface area contributed by atoms with Gasteiger partial charge in [0, 0.05) is 11.1 Å². The number of ether oxygens (including phenoxy) is 2. The summed E-state index contributed by atoms with van der Waals surface area (Å²) in [5.41, 5.74) is 3.58. The van der Waals surface area contributed by atoms with Gasteiger partial charge in [0.25, 0.3) is 5.91 Å². The molecule has 8 heteroatoms. The van der Waals surface area contributed by atoms with Crippen LogP contribution in [0.25, 0.3) is 0 Å². The number of methoxy groups -OCH3 is 1. The lowest BCUT2D eigenvalue weighted by atomic mass is 10.2. The summed E-state index contributed by atoms with van der Waals surface area (Å²) in [5.74, 6) is -0.0569. The zero-order chi connectivity index (χ0) is 21.5. The number of benzene rings is 3. The molecule has 30 heavy (non-hydrogen) atoms. The maximum absolute atomic E-state index is 12.4. The van der Waals surface area contributed by atoms with Crippen molar-refractivity contribution in [3.05, 3.63) is 93.5 Å². The molecule has 0 fully saturated rings. The summed E-state index contributed by atoms with van der Waals surface area (Å²) in [6.07, 6.45) is 1.38. The van der Waals surface area contributed by atoms with Crippen molar-refractivity contribution in [2.45, 2.75) is 0 Å². The zero-order valence-corrected chi connectivity index (χ0v) is 17.3. The van der Waals surface area contributed by atoms with Crippen LogP contribution in [0, 0.1) is 0 Å². The van der Waals surface area contributed by atoms with Crippen LogP contribution in [0.1, 0.15) is 26.3 Å². The van der Waals surface area contributed by atoms with Gasteiger partial charge in [-0.15, -0.1) is 0 Å². The molecule has 152 valence electrons. The second-order valence-electron chi connectivity index (χ2n) is 5.98. The lowest BCUT2D eigenvalue weighted by Crippen LogP contribution is -2.17. The van der Waals surface area contributed by atoms with E-state index in [0.717, 1.165) is 0 Å². The molecule has 3 aromatic carbocycles. The molecule has 0 aliphatic heterocycles. The lowest BCUT2D eigenvalue weighted by Gasteiger charge is -2.08. The number of hydrogen-bond acceptors (Lipinski definition) is 5. The van der Waals surface area contributed by atoms with Gasteiger partial charge in [0.1, 0.15) is 11.5 Å². The van der Waals surface area contributed by atoms with Crippen LogP contribution < -0.4 is 14.9 Å². The Morgan fingerprint density at radius 3 is 2.33 bits per heavy atom. The Kier molecular flexibility index (Phi) is 7.06. The largest absolute Gasteiger partial charge is 0.497 e. The van der Waals surface area contributed by atoms with Gasteiger partial charge in [-0.25, -0.2) is 10.2 Å². The molecule has 0 radical (unpaired) electrons. The number of rotatable bonds is 6. The molecule has 0 atom stereocenters. The Morgan fingerprint density at radius 2 is 1.63 bits per heavy atom. The summed E-state index contributed by atoms with van der Waals surface area (Å²) in [6, 6.07) is 17.9. The van der Waals surface area contributed by atoms with E-state index in [0.29, 0.717) is 33.2 Å². The van der Waals surface area contributed by atoms with E-state index in [4.69, 9.17) is 32.7 Å². The topological polar surface area (TPSA) is 77.0 Å². The van der Waals surface area contributed by atoms with Crippen LogP contribution in [-0.4, -0.2) is 25.2 Å². The smallest absolute Gasteiger partial charge is 0.343 e. The third-order valence-corrected chi connectivity index (χ3v) is 4.74. The van der Waals surface area contributed by atoms with Gasteiger partial charge >= 0.3 is 5.97 Å². The fourth-order valence-electron chi connectivity index (χ4n) is 2.43. The SMILES string of the molecule is COc1ccc(C(=O)Oc2ccccc2/C=N\NC(=O)c2ccc(Cl)c(Cl)c2)cc1. The summed E-state index contributed by atoms with van der Waals surface area (Å²) in [7, 11) is 1.54. The second-order valence-corrected chi connectivity index (χ2v) is 6.80. The highest BCUT2D eigenvalue weighted by atomic mass is 35.5. The van der Waals surface area contributed by atoms with Gasteiger partial charge in [-0.05, 0) is 54.6 Å². The molecule has 1 amide bonds. The Bertz CT molecular complexity index is 1100. The molecule has 1 N–H and O–H groups in total. The molecule has 0 aromatic heterocycles. The standard InChI is InChI=1S/C22H16Cl2N2O4/c1-29-17-9-6-14(7-10-17)22(28)30-20-5-3-2-4-16(20)13-25-26-21(27)15-8-11-18(23)19(24)12-15/h2-13H,1H3,(H,26,27)/b25-13-. The van der Waals surface area contributed by atoms with Crippen LogP contribution in [0.4, 0.5) is 0 Å². The Hall–Kier alpha value is -3.35. The van der Waals surface area contributed by atoms with Gasteiger partial charge in [-0.1, -0.05) is 35.3 Å². The molecule has 0 aliphatic carbocycles. The first-order valence-electron chi connectivity index (χ1n) is 8.71. The summed E-state index contributed by atoms with van der Waals surface area (Å²) in [5, 5.41) is 4.54. The molecule has 0 saturated heterocycles. The van der Waals surface area contributed by atoms with Crippen LogP contribution in [0.15, 0.2) is 71.8 Å². The first kappa shape index (κ1) is 21.4. The van der Waals surface area contributed by atoms with E-state index in [-0.39, 0.29) is 5.02 Å². The molecule has 3 rings (SSSR count). The van der Waals surface area contributed by atoms with Gasteiger partial charge in [0.2, 0.25) is 0 Å². The van der Waals surface area contributed by atoms with E-state index in [1.807, 2.05) is 0 Å². The van der Waals surface area contributed by atoms with Crippen molar-refractivity contribution < 1.29 is 19.1 Å². The van der Waals surface area contributed by atoms with Crippen molar-refractivity contribution in [2.75, 3.05) is 7.11 Å². The number of hydrazone groups is 1. The van der Waals surface area contributed by atoms with E-state index in [2.05, 4.69) is 10.5 Å². The number of amides is 1. The third kappa shape index (κ3) is 5.37. The first-order chi connectivity index (χ1) is 14.5. The summed E-state index contributed by atoms with van der Waals surface area (Å²) in [6.45, 7) is 0. The minimum Gasteiger partial charge on any atom is -0.497 e. The highest BCUT2D eigenvalue weighted by molar-refractivity contribution is 6.42. The van der Waals surface area contributed by atoms with E-state index in [1.165, 1.54) is 24.4 Å². The summed E-state index contributed by atoms with van der Waals surface area (Å²) in [4.78, 5) is 24.6. The molecule has 0 unspecified atom stereocenters. The predicted octanol–water partition coefficient (Wildman–Crippen LogP) is 4.99. The van der Waals surface area contributed by atoms with Gasteiger partial charge in [0.15, 0.2) is 0 Å². The van der Waals surface area contributed by atoms with Crippen molar-refractivity contribution in [2.24, 2.45) is 5.10 Å². The number of para-hydroxylation sites is 1. The van der Waals surface area contributed by atoms with Crippen LogP contribution >= 0.6 is 23.2 Å². The van der Waals surface area contributed by atoms with Gasteiger partial charge in [-0.2, -0.15) is 5.10 Å².